The molecule has 196 valence electrons. The standard InChI is InChI=1S/C33H59P/c1-6-10-13-16-19-22-25-29-28-33(34-5)32(27-24-21-18-15-12-8-3)31(30(29)9-4)26-23-20-17-14-11-7-2/h9,28,34H,4,6-8,10-27H2,1-3,5H3. The van der Waals surface area contributed by atoms with Crippen molar-refractivity contribution < 1.29 is 0 Å². The second-order valence-corrected chi connectivity index (χ2v) is 11.5. The SMILES string of the molecule is C=Cc1c(CCCCCCCC)cc(PC)c(CCCCCCCC)c1CCCCCCCC. The van der Waals surface area contributed by atoms with E-state index in [2.05, 4.69) is 46.2 Å². The Morgan fingerprint density at radius 2 is 1.00 bits per heavy atom. The van der Waals surface area contributed by atoms with E-state index in [9.17, 15) is 0 Å². The molecule has 0 nitrogen and oxygen atoms in total. The zero-order valence-corrected chi connectivity index (χ0v) is 24.7. The summed E-state index contributed by atoms with van der Waals surface area (Å²) < 4.78 is 0. The summed E-state index contributed by atoms with van der Waals surface area (Å²) in [6.45, 7) is 13.7. The predicted octanol–water partition coefficient (Wildman–Crippen LogP) is 11.0. The van der Waals surface area contributed by atoms with Crippen LogP contribution in [0, 0.1) is 0 Å². The minimum Gasteiger partial charge on any atom is -0.0984 e. The van der Waals surface area contributed by atoms with Crippen LogP contribution in [0.1, 0.15) is 159 Å². The molecular weight excluding hydrogens is 427 g/mol. The number of aryl methyl sites for hydroxylation is 1. The van der Waals surface area contributed by atoms with E-state index in [1.807, 2.05) is 0 Å². The van der Waals surface area contributed by atoms with Crippen molar-refractivity contribution >= 4 is 20.0 Å². The van der Waals surface area contributed by atoms with Crippen molar-refractivity contribution in [2.24, 2.45) is 0 Å². The van der Waals surface area contributed by atoms with Crippen molar-refractivity contribution in [3.63, 3.8) is 0 Å². The second kappa shape index (κ2) is 21.7. The summed E-state index contributed by atoms with van der Waals surface area (Å²) in [6, 6.07) is 2.60. The zero-order valence-electron chi connectivity index (χ0n) is 23.7. The van der Waals surface area contributed by atoms with Gasteiger partial charge in [0.15, 0.2) is 0 Å². The van der Waals surface area contributed by atoms with Crippen LogP contribution in [-0.4, -0.2) is 6.66 Å². The van der Waals surface area contributed by atoms with Crippen molar-refractivity contribution in [1.29, 1.82) is 0 Å². The van der Waals surface area contributed by atoms with Crippen LogP contribution in [0.5, 0.6) is 0 Å². The Balaban J connectivity index is 2.94. The fourth-order valence-electron chi connectivity index (χ4n) is 5.37. The first-order valence-electron chi connectivity index (χ1n) is 15.2. The third-order valence-electron chi connectivity index (χ3n) is 7.51. The molecule has 1 aromatic rings. The van der Waals surface area contributed by atoms with Crippen LogP contribution < -0.4 is 5.30 Å². The van der Waals surface area contributed by atoms with Crippen LogP contribution in [0.15, 0.2) is 12.6 Å². The molecule has 0 heterocycles. The smallest absolute Gasteiger partial charge is 0.0195 e. The first kappa shape index (κ1) is 31.4. The summed E-state index contributed by atoms with van der Waals surface area (Å²) >= 11 is 0. The first-order valence-corrected chi connectivity index (χ1v) is 16.7. The summed E-state index contributed by atoms with van der Waals surface area (Å²) in [7, 11) is 0.908. The molecule has 1 aromatic carbocycles. The van der Waals surface area contributed by atoms with Gasteiger partial charge in [-0.05, 0) is 72.7 Å². The maximum atomic E-state index is 4.32. The minimum absolute atomic E-state index is 0.908. The normalized spacial score (nSPS) is 11.6. The Hall–Kier alpha value is -0.610. The van der Waals surface area contributed by atoms with Gasteiger partial charge in [-0.3, -0.25) is 0 Å². The van der Waals surface area contributed by atoms with Gasteiger partial charge in [0.05, 0.1) is 0 Å². The van der Waals surface area contributed by atoms with Crippen LogP contribution in [0.3, 0.4) is 0 Å². The van der Waals surface area contributed by atoms with Gasteiger partial charge in [-0.1, -0.05) is 144 Å². The molecule has 0 aliphatic carbocycles. The van der Waals surface area contributed by atoms with Crippen LogP contribution in [0.2, 0.25) is 0 Å². The Labute approximate surface area is 217 Å². The molecule has 0 aliphatic heterocycles. The van der Waals surface area contributed by atoms with Crippen molar-refractivity contribution in [3.8, 4) is 0 Å². The van der Waals surface area contributed by atoms with E-state index in [1.165, 1.54) is 140 Å². The van der Waals surface area contributed by atoms with E-state index in [0.717, 1.165) is 8.58 Å². The van der Waals surface area contributed by atoms with Gasteiger partial charge in [-0.25, -0.2) is 0 Å². The molecule has 0 amide bonds. The first-order chi connectivity index (χ1) is 16.7. The van der Waals surface area contributed by atoms with Gasteiger partial charge in [0.25, 0.3) is 0 Å². The predicted molar refractivity (Wildman–Crippen MR) is 162 cm³/mol. The topological polar surface area (TPSA) is 0 Å². The quantitative estimate of drug-likeness (QED) is 0.107. The number of benzene rings is 1. The van der Waals surface area contributed by atoms with Gasteiger partial charge in [-0.15, -0.1) is 0 Å². The van der Waals surface area contributed by atoms with Crippen molar-refractivity contribution in [1.82, 2.24) is 0 Å². The summed E-state index contributed by atoms with van der Waals surface area (Å²) in [4.78, 5) is 0. The fraction of sp³-hybridized carbons (Fsp3) is 0.758. The van der Waals surface area contributed by atoms with Crippen LogP contribution in [0.25, 0.3) is 6.08 Å². The third-order valence-corrected chi connectivity index (χ3v) is 8.50. The molecule has 0 aromatic heterocycles. The molecule has 0 fully saturated rings. The molecule has 34 heavy (non-hydrogen) atoms. The summed E-state index contributed by atoms with van der Waals surface area (Å²) in [5, 5.41) is 1.67. The van der Waals surface area contributed by atoms with E-state index in [-0.39, 0.29) is 0 Å². The lowest BCUT2D eigenvalue weighted by molar-refractivity contribution is 0.598. The molecule has 1 atom stereocenters. The van der Waals surface area contributed by atoms with Crippen LogP contribution in [0.4, 0.5) is 0 Å². The molecule has 0 bridgehead atoms. The highest BCUT2D eigenvalue weighted by Gasteiger charge is 2.15. The van der Waals surface area contributed by atoms with Crippen molar-refractivity contribution in [2.45, 2.75) is 156 Å². The lowest BCUT2D eigenvalue weighted by Crippen LogP contribution is -2.14. The molecule has 0 saturated carbocycles. The van der Waals surface area contributed by atoms with E-state index in [0.29, 0.717) is 0 Å². The molecule has 0 N–H and O–H groups in total. The average molecular weight is 487 g/mol. The second-order valence-electron chi connectivity index (χ2n) is 10.5. The van der Waals surface area contributed by atoms with Gasteiger partial charge in [0.2, 0.25) is 0 Å². The zero-order chi connectivity index (χ0) is 24.9. The number of hydrogen-bond donors (Lipinski definition) is 0. The Morgan fingerprint density at radius 1 is 0.588 bits per heavy atom. The average Bonchev–Trinajstić information content (AvgIpc) is 2.85. The molecular formula is C33H59P. The molecule has 1 rings (SSSR count). The van der Waals surface area contributed by atoms with Crippen LogP contribution >= 0.6 is 8.58 Å². The number of rotatable bonds is 23. The lowest BCUT2D eigenvalue weighted by atomic mass is 9.87. The molecule has 1 unspecified atom stereocenters. The van der Waals surface area contributed by atoms with Gasteiger partial charge in [-0.2, -0.15) is 0 Å². The van der Waals surface area contributed by atoms with Gasteiger partial charge in [0, 0.05) is 0 Å². The maximum Gasteiger partial charge on any atom is -0.0195 e. The van der Waals surface area contributed by atoms with E-state index < -0.39 is 0 Å². The highest BCUT2D eigenvalue weighted by Crippen LogP contribution is 2.28. The summed E-state index contributed by atoms with van der Waals surface area (Å²) in [5.41, 5.74) is 6.52. The fourth-order valence-corrected chi connectivity index (χ4v) is 6.27. The van der Waals surface area contributed by atoms with Crippen molar-refractivity contribution in [2.75, 3.05) is 6.66 Å². The van der Waals surface area contributed by atoms with Gasteiger partial charge < -0.3 is 0 Å². The van der Waals surface area contributed by atoms with E-state index in [4.69, 9.17) is 0 Å². The monoisotopic (exact) mass is 486 g/mol. The van der Waals surface area contributed by atoms with Gasteiger partial charge in [0.1, 0.15) is 0 Å². The molecule has 0 spiro atoms. The lowest BCUT2D eigenvalue weighted by Gasteiger charge is -2.21. The highest BCUT2D eigenvalue weighted by molar-refractivity contribution is 7.46. The molecule has 1 heteroatoms. The Bertz CT molecular complexity index is 630. The van der Waals surface area contributed by atoms with Crippen molar-refractivity contribution in [3.05, 3.63) is 34.9 Å². The number of unbranched alkanes of at least 4 members (excludes halogenated alkanes) is 15. The Morgan fingerprint density at radius 3 is 1.44 bits per heavy atom. The molecule has 0 radical (unpaired) electrons. The van der Waals surface area contributed by atoms with Gasteiger partial charge >= 0.3 is 0 Å². The number of hydrogen-bond acceptors (Lipinski definition) is 0. The molecule has 0 aliphatic rings. The Kier molecular flexibility index (Phi) is 20.0. The van der Waals surface area contributed by atoms with E-state index in [1.54, 1.807) is 22.0 Å². The van der Waals surface area contributed by atoms with E-state index >= 15 is 0 Å². The highest BCUT2D eigenvalue weighted by atomic mass is 31.1. The van der Waals surface area contributed by atoms with Crippen LogP contribution in [-0.2, 0) is 19.3 Å². The third kappa shape index (κ3) is 12.9. The minimum atomic E-state index is 0.908. The summed E-state index contributed by atoms with van der Waals surface area (Å²) in [6.07, 6.45) is 30.9. The maximum absolute atomic E-state index is 4.32. The summed E-state index contributed by atoms with van der Waals surface area (Å²) in [5.74, 6) is 0. The largest absolute Gasteiger partial charge is 0.0984 e. The molecule has 0 saturated heterocycles.